The number of para-hydroxylation sites is 1. The molecule has 2 aliphatic carbocycles. The van der Waals surface area contributed by atoms with Gasteiger partial charge >= 0.3 is 0 Å². The normalized spacial score (nSPS) is 17.3. The lowest BCUT2D eigenvalue weighted by Gasteiger charge is -2.22. The minimum absolute atomic E-state index is 0.702. The predicted molar refractivity (Wildman–Crippen MR) is 127 cm³/mol. The molecule has 0 radical (unpaired) electrons. The average Bonchev–Trinajstić information content (AvgIpc) is 3.05. The minimum Gasteiger partial charge on any atom is -0.360 e. The second kappa shape index (κ2) is 8.16. The molecule has 0 bridgehead atoms. The Kier molecular flexibility index (Phi) is 5.06. The molecule has 30 heavy (non-hydrogen) atoms. The average molecular weight is 391 g/mol. The lowest BCUT2D eigenvalue weighted by Crippen LogP contribution is -2.21. The Morgan fingerprint density at radius 3 is 2.70 bits per heavy atom. The molecule has 1 N–H and O–H groups in total. The van der Waals surface area contributed by atoms with E-state index in [0.29, 0.717) is 5.92 Å². The molecule has 2 nitrogen and oxygen atoms in total. The fourth-order valence-electron chi connectivity index (χ4n) is 4.71. The molecule has 1 aliphatic heterocycles. The predicted octanol–water partition coefficient (Wildman–Crippen LogP) is 4.99. The highest BCUT2D eigenvalue weighted by Gasteiger charge is 2.16. The van der Waals surface area contributed by atoms with E-state index in [1.54, 1.807) is 17.3 Å². The van der Waals surface area contributed by atoms with Crippen LogP contribution in [0.4, 0.5) is 5.69 Å². The summed E-state index contributed by atoms with van der Waals surface area (Å²) >= 11 is 0. The van der Waals surface area contributed by atoms with Crippen molar-refractivity contribution < 1.29 is 0 Å². The Bertz CT molecular complexity index is 1360. The largest absolute Gasteiger partial charge is 0.360 e. The van der Waals surface area contributed by atoms with Crippen molar-refractivity contribution >= 4 is 24.1 Å². The molecule has 3 aromatic rings. The fraction of sp³-hybridized carbons (Fsp3) is 0.179. The van der Waals surface area contributed by atoms with Crippen LogP contribution in [-0.4, -0.2) is 6.21 Å². The third kappa shape index (κ3) is 3.50. The van der Waals surface area contributed by atoms with E-state index < -0.39 is 0 Å². The van der Waals surface area contributed by atoms with Gasteiger partial charge in [0.05, 0.1) is 0 Å². The number of hydrogen-bond donors (Lipinski definition) is 1. The topological polar surface area (TPSA) is 24.4 Å². The van der Waals surface area contributed by atoms with Gasteiger partial charge in [0.2, 0.25) is 0 Å². The van der Waals surface area contributed by atoms with Gasteiger partial charge in [-0.3, -0.25) is 4.99 Å². The van der Waals surface area contributed by atoms with E-state index >= 15 is 0 Å². The number of benzene rings is 3. The number of aliphatic imine (C=N–C) groups is 1. The number of fused-ring (bicyclic) bond motifs is 5. The second-order valence-corrected chi connectivity index (χ2v) is 8.10. The molecule has 0 amide bonds. The quantitative estimate of drug-likeness (QED) is 0.575. The number of hydrogen-bond acceptors (Lipinski definition) is 2. The maximum atomic E-state index is 4.04. The maximum absolute atomic E-state index is 4.04. The molecule has 0 saturated carbocycles. The summed E-state index contributed by atoms with van der Waals surface area (Å²) in [6, 6.07) is 21.5. The van der Waals surface area contributed by atoms with Gasteiger partial charge in [-0.2, -0.15) is 0 Å². The Morgan fingerprint density at radius 2 is 1.73 bits per heavy atom. The van der Waals surface area contributed by atoms with Crippen LogP contribution in [0.1, 0.15) is 42.4 Å². The van der Waals surface area contributed by atoms with Crippen LogP contribution < -0.4 is 15.8 Å². The van der Waals surface area contributed by atoms with Crippen LogP contribution in [0.25, 0.3) is 12.2 Å². The maximum Gasteiger partial charge on any atom is 0.0469 e. The zero-order chi connectivity index (χ0) is 20.3. The number of rotatable bonds is 0. The number of nitrogens with zero attached hydrogens (tertiary/aromatic N) is 1. The molecular weight excluding hydrogens is 364 g/mol. The zero-order valence-corrected chi connectivity index (χ0v) is 17.3. The van der Waals surface area contributed by atoms with Crippen LogP contribution in [0.2, 0.25) is 0 Å². The van der Waals surface area contributed by atoms with E-state index in [1.807, 2.05) is 36.7 Å². The molecule has 148 valence electrons. The summed E-state index contributed by atoms with van der Waals surface area (Å²) < 4.78 is 0. The molecule has 6 rings (SSSR count). The first kappa shape index (κ1) is 18.6. The third-order valence-electron chi connectivity index (χ3n) is 6.20. The van der Waals surface area contributed by atoms with E-state index in [2.05, 4.69) is 65.8 Å². The van der Waals surface area contributed by atoms with Crippen LogP contribution in [0, 0.1) is 10.4 Å². The van der Waals surface area contributed by atoms with Crippen LogP contribution in [-0.2, 0) is 6.42 Å². The summed E-state index contributed by atoms with van der Waals surface area (Å²) in [6.45, 7) is 2.38. The molecule has 3 aromatic carbocycles. The molecule has 3 aliphatic rings. The van der Waals surface area contributed by atoms with Gasteiger partial charge in [0, 0.05) is 29.9 Å². The van der Waals surface area contributed by atoms with Crippen molar-refractivity contribution in [1.82, 2.24) is 0 Å². The molecule has 0 aromatic heterocycles. The van der Waals surface area contributed by atoms with Crippen LogP contribution >= 0.6 is 0 Å². The van der Waals surface area contributed by atoms with Gasteiger partial charge in [0.25, 0.3) is 0 Å². The van der Waals surface area contributed by atoms with E-state index in [4.69, 9.17) is 0 Å². The fourth-order valence-corrected chi connectivity index (χ4v) is 4.71. The van der Waals surface area contributed by atoms with Gasteiger partial charge in [0.15, 0.2) is 0 Å². The highest BCUT2D eigenvalue weighted by molar-refractivity contribution is 5.88. The summed E-state index contributed by atoms with van der Waals surface area (Å²) in [4.78, 5) is 4.04. The molecule has 0 saturated heterocycles. The minimum atomic E-state index is 0.702. The van der Waals surface area contributed by atoms with Crippen LogP contribution in [0.3, 0.4) is 0 Å². The monoisotopic (exact) mass is 390 g/mol. The Balaban J connectivity index is 0.000000149. The molecule has 0 fully saturated rings. The second-order valence-electron chi connectivity index (χ2n) is 8.10. The standard InChI is InChI=1S/C19H18.C9H8N2/c1-13-5-4-7-15-10-11-17-16-8-3-2-6-14(16)9-12-18(17)19(13)15;1-2-4-9-8(3-1)7-10-5-6-11-9/h2-3,6-11,13H,4-5,12H2,1H3;1-7,11H. The Labute approximate surface area is 177 Å². The Morgan fingerprint density at radius 1 is 0.867 bits per heavy atom. The molecule has 1 heterocycles. The lowest BCUT2D eigenvalue weighted by molar-refractivity contribution is 0.675. The van der Waals surface area contributed by atoms with E-state index in [0.717, 1.165) is 17.7 Å². The smallest absolute Gasteiger partial charge is 0.0469 e. The van der Waals surface area contributed by atoms with Gasteiger partial charge in [0.1, 0.15) is 0 Å². The van der Waals surface area contributed by atoms with Crippen LogP contribution in [0.15, 0.2) is 78.1 Å². The first-order chi connectivity index (χ1) is 14.8. The van der Waals surface area contributed by atoms with Crippen molar-refractivity contribution in [2.75, 3.05) is 5.32 Å². The molecule has 0 spiro atoms. The first-order valence-electron chi connectivity index (χ1n) is 10.8. The van der Waals surface area contributed by atoms with Gasteiger partial charge in [-0.05, 0) is 63.2 Å². The van der Waals surface area contributed by atoms with E-state index in [-0.39, 0.29) is 0 Å². The number of nitrogens with one attached hydrogen (secondary N) is 1. The Hall–Kier alpha value is -3.39. The van der Waals surface area contributed by atoms with Gasteiger partial charge in [-0.25, -0.2) is 0 Å². The van der Waals surface area contributed by atoms with Gasteiger partial charge < -0.3 is 5.32 Å². The molecular formula is C28H26N2. The summed E-state index contributed by atoms with van der Waals surface area (Å²) in [5.41, 5.74) is 5.40. The van der Waals surface area contributed by atoms with Crippen molar-refractivity contribution in [1.29, 1.82) is 0 Å². The molecule has 1 unspecified atom stereocenters. The van der Waals surface area contributed by atoms with Crippen molar-refractivity contribution in [2.24, 2.45) is 4.99 Å². The van der Waals surface area contributed by atoms with E-state index in [1.165, 1.54) is 33.7 Å². The summed E-state index contributed by atoms with van der Waals surface area (Å²) in [5.74, 6) is 0.702. The van der Waals surface area contributed by atoms with Crippen molar-refractivity contribution in [3.05, 3.63) is 111 Å². The van der Waals surface area contributed by atoms with Gasteiger partial charge in [-0.1, -0.05) is 73.7 Å². The van der Waals surface area contributed by atoms with E-state index in [9.17, 15) is 0 Å². The summed E-state index contributed by atoms with van der Waals surface area (Å²) in [5, 5.41) is 8.85. The number of anilines is 1. The first-order valence-corrected chi connectivity index (χ1v) is 10.8. The summed E-state index contributed by atoms with van der Waals surface area (Å²) in [7, 11) is 0. The SMILES string of the molecule is C1=CNc2ccccc2C=N1.CC1CCC=c2ccc3c(c21)CC=c1ccccc1=3. The third-order valence-corrected chi connectivity index (χ3v) is 6.20. The van der Waals surface area contributed by atoms with Crippen LogP contribution in [0.5, 0.6) is 0 Å². The summed E-state index contributed by atoms with van der Waals surface area (Å²) in [6.07, 6.45) is 13.8. The van der Waals surface area contributed by atoms with Crippen molar-refractivity contribution in [3.8, 4) is 0 Å². The van der Waals surface area contributed by atoms with Gasteiger partial charge in [-0.15, -0.1) is 0 Å². The van der Waals surface area contributed by atoms with Crippen molar-refractivity contribution in [2.45, 2.75) is 32.1 Å². The lowest BCUT2D eigenvalue weighted by atomic mass is 9.83. The highest BCUT2D eigenvalue weighted by atomic mass is 14.9. The van der Waals surface area contributed by atoms with Crippen molar-refractivity contribution in [3.63, 3.8) is 0 Å². The highest BCUT2D eigenvalue weighted by Crippen LogP contribution is 2.26. The molecule has 1 atom stereocenters. The molecule has 2 heteroatoms. The zero-order valence-electron chi connectivity index (χ0n) is 17.3.